The zero-order valence-electron chi connectivity index (χ0n) is 17.3. The normalized spacial score (nSPS) is 10.6. The van der Waals surface area contributed by atoms with Gasteiger partial charge in [-0.15, -0.1) is 0 Å². The lowest BCUT2D eigenvalue weighted by Crippen LogP contribution is -2.23. The number of hydrogen-bond acceptors (Lipinski definition) is 5. The molecule has 2 aromatic carbocycles. The van der Waals surface area contributed by atoms with Gasteiger partial charge in [0.1, 0.15) is 5.82 Å². The molecule has 0 saturated carbocycles. The number of nitrogens with one attached hydrogen (secondary N) is 1. The van der Waals surface area contributed by atoms with E-state index < -0.39 is 0 Å². The largest absolute Gasteiger partial charge is 0.343 e. The second kappa shape index (κ2) is 9.18. The van der Waals surface area contributed by atoms with Gasteiger partial charge in [0, 0.05) is 43.3 Å². The predicted octanol–water partition coefficient (Wildman–Crippen LogP) is 5.27. The lowest BCUT2D eigenvalue weighted by atomic mass is 10.1. The molecule has 0 saturated heterocycles. The molecular weight excluding hydrogens is 370 g/mol. The van der Waals surface area contributed by atoms with E-state index in [9.17, 15) is 0 Å². The monoisotopic (exact) mass is 395 g/mol. The van der Waals surface area contributed by atoms with Gasteiger partial charge in [0.05, 0.1) is 5.69 Å². The molecule has 5 heteroatoms. The summed E-state index contributed by atoms with van der Waals surface area (Å²) in [5.41, 5.74) is 5.42. The van der Waals surface area contributed by atoms with E-state index in [0.717, 1.165) is 35.7 Å². The van der Waals surface area contributed by atoms with Crippen LogP contribution in [0.1, 0.15) is 11.1 Å². The van der Waals surface area contributed by atoms with Crippen molar-refractivity contribution in [2.24, 2.45) is 0 Å². The molecule has 0 radical (unpaired) electrons. The summed E-state index contributed by atoms with van der Waals surface area (Å²) in [5, 5.41) is 3.47. The van der Waals surface area contributed by atoms with Crippen molar-refractivity contribution in [1.82, 2.24) is 15.0 Å². The number of hydrogen-bond donors (Lipinski definition) is 1. The highest BCUT2D eigenvalue weighted by Crippen LogP contribution is 2.26. The van der Waals surface area contributed by atoms with Crippen LogP contribution in [-0.2, 0) is 6.42 Å². The van der Waals surface area contributed by atoms with Gasteiger partial charge in [-0.2, -0.15) is 4.98 Å². The van der Waals surface area contributed by atoms with E-state index in [4.69, 9.17) is 9.97 Å². The first-order valence-corrected chi connectivity index (χ1v) is 10.1. The summed E-state index contributed by atoms with van der Waals surface area (Å²) >= 11 is 0. The van der Waals surface area contributed by atoms with E-state index in [-0.39, 0.29) is 0 Å². The molecule has 0 aliphatic rings. The summed E-state index contributed by atoms with van der Waals surface area (Å²) in [6.07, 6.45) is 4.55. The van der Waals surface area contributed by atoms with Gasteiger partial charge in [-0.1, -0.05) is 48.5 Å². The average Bonchev–Trinajstić information content (AvgIpc) is 2.80. The van der Waals surface area contributed by atoms with E-state index in [1.54, 1.807) is 0 Å². The fourth-order valence-corrected chi connectivity index (χ4v) is 3.22. The van der Waals surface area contributed by atoms with E-state index in [1.807, 2.05) is 68.0 Å². The summed E-state index contributed by atoms with van der Waals surface area (Å²) in [7, 11) is 2.03. The van der Waals surface area contributed by atoms with Gasteiger partial charge in [-0.3, -0.25) is 4.98 Å². The minimum absolute atomic E-state index is 0.696. The molecule has 5 nitrogen and oxygen atoms in total. The molecule has 0 amide bonds. The van der Waals surface area contributed by atoms with Crippen molar-refractivity contribution in [2.75, 3.05) is 23.8 Å². The average molecular weight is 396 g/mol. The Morgan fingerprint density at radius 1 is 0.867 bits per heavy atom. The highest BCUT2D eigenvalue weighted by atomic mass is 15.2. The molecule has 0 unspecified atom stereocenters. The summed E-state index contributed by atoms with van der Waals surface area (Å²) in [5.74, 6) is 1.48. The number of nitrogens with zero attached hydrogens (tertiary/aromatic N) is 4. The van der Waals surface area contributed by atoms with E-state index in [1.165, 1.54) is 11.1 Å². The number of pyridine rings is 1. The topological polar surface area (TPSA) is 53.9 Å². The predicted molar refractivity (Wildman–Crippen MR) is 123 cm³/mol. The Morgan fingerprint density at radius 2 is 1.60 bits per heavy atom. The van der Waals surface area contributed by atoms with Crippen LogP contribution in [0.2, 0.25) is 0 Å². The summed E-state index contributed by atoms with van der Waals surface area (Å²) in [6, 6.07) is 24.5. The van der Waals surface area contributed by atoms with Gasteiger partial charge in [0.2, 0.25) is 5.95 Å². The van der Waals surface area contributed by atoms with Crippen molar-refractivity contribution in [3.05, 3.63) is 96.3 Å². The molecule has 0 bridgehead atoms. The Bertz CT molecular complexity index is 1100. The standard InChI is InChI=1S/C25H25N5/c1-19-8-6-7-11-22(19)27-24-18-23(21-9-4-3-5-10-21)28-25(29-24)30(2)17-14-20-12-15-26-16-13-20/h3-13,15-16,18H,14,17H2,1-2H3,(H,27,28,29). The molecule has 0 atom stereocenters. The van der Waals surface area contributed by atoms with E-state index in [2.05, 4.69) is 46.4 Å². The van der Waals surface area contributed by atoms with E-state index in [0.29, 0.717) is 5.95 Å². The molecule has 0 aliphatic heterocycles. The van der Waals surface area contributed by atoms with Crippen LogP contribution in [0, 0.1) is 6.92 Å². The third-order valence-corrected chi connectivity index (χ3v) is 5.02. The number of aromatic nitrogens is 3. The first-order chi connectivity index (χ1) is 14.7. The van der Waals surface area contributed by atoms with Gasteiger partial charge in [-0.25, -0.2) is 4.98 Å². The summed E-state index contributed by atoms with van der Waals surface area (Å²) in [6.45, 7) is 2.90. The molecule has 2 heterocycles. The lowest BCUT2D eigenvalue weighted by molar-refractivity contribution is 0.838. The highest BCUT2D eigenvalue weighted by molar-refractivity contribution is 5.68. The maximum Gasteiger partial charge on any atom is 0.227 e. The van der Waals surface area contributed by atoms with Crippen LogP contribution in [0.15, 0.2) is 85.2 Å². The van der Waals surface area contributed by atoms with Crippen LogP contribution in [0.4, 0.5) is 17.5 Å². The molecule has 0 spiro atoms. The molecular formula is C25H25N5. The zero-order chi connectivity index (χ0) is 20.8. The van der Waals surface area contributed by atoms with Crippen LogP contribution in [0.5, 0.6) is 0 Å². The minimum atomic E-state index is 0.696. The van der Waals surface area contributed by atoms with Crippen LogP contribution in [-0.4, -0.2) is 28.5 Å². The molecule has 1 N–H and O–H groups in total. The van der Waals surface area contributed by atoms with Crippen LogP contribution < -0.4 is 10.2 Å². The van der Waals surface area contributed by atoms with E-state index >= 15 is 0 Å². The number of rotatable bonds is 7. The Morgan fingerprint density at radius 3 is 2.37 bits per heavy atom. The van der Waals surface area contributed by atoms with Crippen LogP contribution >= 0.6 is 0 Å². The molecule has 2 aromatic heterocycles. The first kappa shape index (κ1) is 19.6. The Labute approximate surface area is 177 Å². The number of para-hydroxylation sites is 1. The van der Waals surface area contributed by atoms with Gasteiger partial charge in [0.25, 0.3) is 0 Å². The highest BCUT2D eigenvalue weighted by Gasteiger charge is 2.11. The van der Waals surface area contributed by atoms with Gasteiger partial charge in [-0.05, 0) is 42.7 Å². The van der Waals surface area contributed by atoms with Crippen LogP contribution in [0.3, 0.4) is 0 Å². The number of benzene rings is 2. The van der Waals surface area contributed by atoms with Gasteiger partial charge >= 0.3 is 0 Å². The fourth-order valence-electron chi connectivity index (χ4n) is 3.22. The number of aryl methyl sites for hydroxylation is 1. The zero-order valence-corrected chi connectivity index (χ0v) is 17.3. The Hall–Kier alpha value is -3.73. The molecule has 4 rings (SSSR count). The maximum atomic E-state index is 4.84. The molecule has 150 valence electrons. The second-order valence-corrected chi connectivity index (χ2v) is 7.27. The van der Waals surface area contributed by atoms with Gasteiger partial charge < -0.3 is 10.2 Å². The lowest BCUT2D eigenvalue weighted by Gasteiger charge is -2.19. The number of anilines is 3. The van der Waals surface area contributed by atoms with Crippen molar-refractivity contribution in [2.45, 2.75) is 13.3 Å². The number of likely N-dealkylation sites (N-methyl/N-ethyl adjacent to an activating group) is 1. The maximum absolute atomic E-state index is 4.84. The van der Waals surface area contributed by atoms with Crippen molar-refractivity contribution < 1.29 is 0 Å². The van der Waals surface area contributed by atoms with Crippen molar-refractivity contribution in [3.63, 3.8) is 0 Å². The Kier molecular flexibility index (Phi) is 5.99. The molecule has 4 aromatic rings. The van der Waals surface area contributed by atoms with Gasteiger partial charge in [0.15, 0.2) is 0 Å². The third kappa shape index (κ3) is 4.81. The summed E-state index contributed by atoms with van der Waals surface area (Å²) < 4.78 is 0. The van der Waals surface area contributed by atoms with Crippen molar-refractivity contribution in [3.8, 4) is 11.3 Å². The van der Waals surface area contributed by atoms with Crippen LogP contribution in [0.25, 0.3) is 11.3 Å². The smallest absolute Gasteiger partial charge is 0.227 e. The second-order valence-electron chi connectivity index (χ2n) is 7.27. The molecule has 0 fully saturated rings. The third-order valence-electron chi connectivity index (χ3n) is 5.02. The molecule has 30 heavy (non-hydrogen) atoms. The van der Waals surface area contributed by atoms with Crippen molar-refractivity contribution in [1.29, 1.82) is 0 Å². The summed E-state index contributed by atoms with van der Waals surface area (Å²) in [4.78, 5) is 15.8. The fraction of sp³-hybridized carbons (Fsp3) is 0.160. The quantitative estimate of drug-likeness (QED) is 0.462. The molecule has 0 aliphatic carbocycles. The first-order valence-electron chi connectivity index (χ1n) is 10.1. The van der Waals surface area contributed by atoms with Crippen molar-refractivity contribution >= 4 is 17.5 Å². The Balaban J connectivity index is 1.64. The SMILES string of the molecule is Cc1ccccc1Nc1cc(-c2ccccc2)nc(N(C)CCc2ccncc2)n1. The minimum Gasteiger partial charge on any atom is -0.343 e.